The number of amides is 1. The zero-order valence-corrected chi connectivity index (χ0v) is 11.7. The van der Waals surface area contributed by atoms with Crippen molar-refractivity contribution in [3.63, 3.8) is 0 Å². The predicted octanol–water partition coefficient (Wildman–Crippen LogP) is 0.553. The molecule has 0 saturated heterocycles. The molecular formula is C12H17ClN6O. The molecule has 1 aromatic carbocycles. The molecule has 0 aliphatic heterocycles. The van der Waals surface area contributed by atoms with Crippen molar-refractivity contribution in [1.29, 1.82) is 0 Å². The highest BCUT2D eigenvalue weighted by atomic mass is 35.5. The van der Waals surface area contributed by atoms with Crippen LogP contribution in [0.1, 0.15) is 23.2 Å². The van der Waals surface area contributed by atoms with E-state index in [0.29, 0.717) is 18.7 Å². The Bertz CT molecular complexity index is 513. The molecule has 1 aromatic heterocycles. The molecule has 0 atom stereocenters. The van der Waals surface area contributed by atoms with Gasteiger partial charge in [-0.15, -0.1) is 17.5 Å². The van der Waals surface area contributed by atoms with Gasteiger partial charge < -0.3 is 11.1 Å². The Kier molecular flexibility index (Phi) is 6.61. The molecule has 0 aliphatic carbocycles. The van der Waals surface area contributed by atoms with Crippen LogP contribution in [0.2, 0.25) is 0 Å². The fourth-order valence-electron chi connectivity index (χ4n) is 1.62. The van der Waals surface area contributed by atoms with Gasteiger partial charge in [-0.3, -0.25) is 4.79 Å². The van der Waals surface area contributed by atoms with Gasteiger partial charge in [-0.25, -0.2) is 4.68 Å². The summed E-state index contributed by atoms with van der Waals surface area (Å²) in [7, 11) is 0. The van der Waals surface area contributed by atoms with Crippen LogP contribution in [-0.2, 0) is 0 Å². The van der Waals surface area contributed by atoms with Crippen molar-refractivity contribution >= 4 is 18.3 Å². The molecule has 1 amide bonds. The van der Waals surface area contributed by atoms with Crippen molar-refractivity contribution in [3.8, 4) is 5.69 Å². The number of nitrogens with zero attached hydrogens (tertiary/aromatic N) is 4. The van der Waals surface area contributed by atoms with Crippen LogP contribution < -0.4 is 11.1 Å². The minimum Gasteiger partial charge on any atom is -0.352 e. The van der Waals surface area contributed by atoms with E-state index in [9.17, 15) is 4.79 Å². The molecule has 0 aliphatic rings. The van der Waals surface area contributed by atoms with Crippen LogP contribution in [0.4, 0.5) is 0 Å². The lowest BCUT2D eigenvalue weighted by molar-refractivity contribution is 0.0953. The van der Waals surface area contributed by atoms with E-state index in [1.54, 1.807) is 24.3 Å². The molecule has 0 radical (unpaired) electrons. The lowest BCUT2D eigenvalue weighted by atomic mass is 10.2. The van der Waals surface area contributed by atoms with E-state index in [2.05, 4.69) is 20.8 Å². The minimum absolute atomic E-state index is 0. The van der Waals surface area contributed by atoms with Gasteiger partial charge in [-0.05, 0) is 54.1 Å². The Morgan fingerprint density at radius 3 is 2.60 bits per heavy atom. The number of carbonyl (C=O) groups excluding carboxylic acids is 1. The van der Waals surface area contributed by atoms with Gasteiger partial charge in [0.15, 0.2) is 0 Å². The number of unbranched alkanes of at least 4 members (excludes halogenated alkanes) is 1. The Hall–Kier alpha value is -1.99. The first-order valence-electron chi connectivity index (χ1n) is 6.13. The zero-order chi connectivity index (χ0) is 13.5. The normalized spacial score (nSPS) is 9.85. The average Bonchev–Trinajstić information content (AvgIpc) is 2.98. The van der Waals surface area contributed by atoms with Crippen LogP contribution in [0.15, 0.2) is 30.6 Å². The second kappa shape index (κ2) is 8.23. The summed E-state index contributed by atoms with van der Waals surface area (Å²) in [6.07, 6.45) is 3.31. The standard InChI is InChI=1S/C12H16N6O.ClH/c13-7-1-2-8-14-12(19)10-3-5-11(6-4-10)18-9-15-16-17-18;/h3-6,9H,1-2,7-8,13H2,(H,14,19);1H. The predicted molar refractivity (Wildman–Crippen MR) is 77.0 cm³/mol. The topological polar surface area (TPSA) is 98.7 Å². The molecule has 0 fully saturated rings. The summed E-state index contributed by atoms with van der Waals surface area (Å²) >= 11 is 0. The summed E-state index contributed by atoms with van der Waals surface area (Å²) in [6.45, 7) is 1.29. The SMILES string of the molecule is Cl.NCCCCNC(=O)c1ccc(-n2cnnn2)cc1. The first kappa shape index (κ1) is 16.1. The largest absolute Gasteiger partial charge is 0.352 e. The van der Waals surface area contributed by atoms with Gasteiger partial charge in [0.25, 0.3) is 5.91 Å². The molecule has 108 valence electrons. The first-order valence-corrected chi connectivity index (χ1v) is 6.13. The third kappa shape index (κ3) is 4.29. The number of carbonyl (C=O) groups is 1. The zero-order valence-electron chi connectivity index (χ0n) is 10.9. The van der Waals surface area contributed by atoms with Crippen molar-refractivity contribution in [1.82, 2.24) is 25.5 Å². The summed E-state index contributed by atoms with van der Waals surface area (Å²) in [5.74, 6) is -0.0831. The molecule has 0 bridgehead atoms. The van der Waals surface area contributed by atoms with Crippen LogP contribution in [0.5, 0.6) is 0 Å². The average molecular weight is 297 g/mol. The highest BCUT2D eigenvalue weighted by Crippen LogP contribution is 2.07. The maximum absolute atomic E-state index is 11.8. The van der Waals surface area contributed by atoms with Gasteiger partial charge in [0.2, 0.25) is 0 Å². The minimum atomic E-state index is -0.0831. The van der Waals surface area contributed by atoms with Gasteiger partial charge in [0, 0.05) is 12.1 Å². The van der Waals surface area contributed by atoms with Gasteiger partial charge >= 0.3 is 0 Å². The summed E-state index contributed by atoms with van der Waals surface area (Å²) in [5, 5.41) is 13.7. The quantitative estimate of drug-likeness (QED) is 0.759. The highest BCUT2D eigenvalue weighted by molar-refractivity contribution is 5.94. The van der Waals surface area contributed by atoms with E-state index in [-0.39, 0.29) is 18.3 Å². The molecule has 1 heterocycles. The lowest BCUT2D eigenvalue weighted by Crippen LogP contribution is -2.24. The van der Waals surface area contributed by atoms with Crippen molar-refractivity contribution in [2.24, 2.45) is 5.73 Å². The van der Waals surface area contributed by atoms with Crippen molar-refractivity contribution in [2.45, 2.75) is 12.8 Å². The molecular weight excluding hydrogens is 280 g/mol. The number of hydrogen-bond donors (Lipinski definition) is 2. The number of nitrogens with two attached hydrogens (primary N) is 1. The highest BCUT2D eigenvalue weighted by Gasteiger charge is 2.05. The summed E-state index contributed by atoms with van der Waals surface area (Å²) < 4.78 is 1.53. The second-order valence-corrected chi connectivity index (χ2v) is 4.05. The van der Waals surface area contributed by atoms with E-state index in [0.717, 1.165) is 18.5 Å². The molecule has 0 saturated carbocycles. The third-order valence-electron chi connectivity index (χ3n) is 2.66. The molecule has 0 spiro atoms. The van der Waals surface area contributed by atoms with E-state index in [1.807, 2.05) is 0 Å². The number of aromatic nitrogens is 4. The fourth-order valence-corrected chi connectivity index (χ4v) is 1.62. The molecule has 3 N–H and O–H groups in total. The van der Waals surface area contributed by atoms with Crippen LogP contribution in [0.25, 0.3) is 5.69 Å². The van der Waals surface area contributed by atoms with Crippen molar-refractivity contribution < 1.29 is 4.79 Å². The third-order valence-corrected chi connectivity index (χ3v) is 2.66. The first-order chi connectivity index (χ1) is 9.31. The van der Waals surface area contributed by atoms with Crippen LogP contribution in [0, 0.1) is 0 Å². The van der Waals surface area contributed by atoms with Gasteiger partial charge in [0.1, 0.15) is 6.33 Å². The summed E-state index contributed by atoms with van der Waals surface area (Å²) in [6, 6.07) is 7.08. The van der Waals surface area contributed by atoms with Gasteiger partial charge in [0.05, 0.1) is 5.69 Å². The van der Waals surface area contributed by atoms with E-state index < -0.39 is 0 Å². The molecule has 2 aromatic rings. The smallest absolute Gasteiger partial charge is 0.251 e. The second-order valence-electron chi connectivity index (χ2n) is 4.05. The molecule has 20 heavy (non-hydrogen) atoms. The maximum atomic E-state index is 11.8. The Morgan fingerprint density at radius 2 is 2.00 bits per heavy atom. The lowest BCUT2D eigenvalue weighted by Gasteiger charge is -2.05. The van der Waals surface area contributed by atoms with Crippen molar-refractivity contribution in [3.05, 3.63) is 36.2 Å². The fraction of sp³-hybridized carbons (Fsp3) is 0.333. The molecule has 7 nitrogen and oxygen atoms in total. The van der Waals surface area contributed by atoms with Crippen LogP contribution in [-0.4, -0.2) is 39.2 Å². The monoisotopic (exact) mass is 296 g/mol. The number of benzene rings is 1. The number of tetrazole rings is 1. The number of halogens is 1. The Morgan fingerprint density at radius 1 is 1.25 bits per heavy atom. The van der Waals surface area contributed by atoms with Gasteiger partial charge in [-0.2, -0.15) is 0 Å². The maximum Gasteiger partial charge on any atom is 0.251 e. The Labute approximate surface area is 123 Å². The molecule has 0 unspecified atom stereocenters. The van der Waals surface area contributed by atoms with Crippen LogP contribution >= 0.6 is 12.4 Å². The number of rotatable bonds is 6. The summed E-state index contributed by atoms with van der Waals surface area (Å²) in [5.41, 5.74) is 6.81. The summed E-state index contributed by atoms with van der Waals surface area (Å²) in [4.78, 5) is 11.8. The number of nitrogens with one attached hydrogen (secondary N) is 1. The van der Waals surface area contributed by atoms with Crippen LogP contribution in [0.3, 0.4) is 0 Å². The van der Waals surface area contributed by atoms with Crippen molar-refractivity contribution in [2.75, 3.05) is 13.1 Å². The van der Waals surface area contributed by atoms with Gasteiger partial charge in [-0.1, -0.05) is 0 Å². The molecule has 8 heteroatoms. The molecule has 2 rings (SSSR count). The van der Waals surface area contributed by atoms with E-state index in [4.69, 9.17) is 5.73 Å². The van der Waals surface area contributed by atoms with E-state index in [1.165, 1.54) is 11.0 Å². The number of hydrogen-bond acceptors (Lipinski definition) is 5. The van der Waals surface area contributed by atoms with E-state index >= 15 is 0 Å². The Balaban J connectivity index is 0.00000200.